The summed E-state index contributed by atoms with van der Waals surface area (Å²) in [6.07, 6.45) is 1.83. The van der Waals surface area contributed by atoms with Crippen LogP contribution < -0.4 is 0 Å². The van der Waals surface area contributed by atoms with Gasteiger partial charge in [-0.05, 0) is 19.4 Å². The Balaban J connectivity index is 3.79. The summed E-state index contributed by atoms with van der Waals surface area (Å²) in [6, 6.07) is 0. The van der Waals surface area contributed by atoms with Crippen LogP contribution in [-0.2, 0) is 14.4 Å². The van der Waals surface area contributed by atoms with Gasteiger partial charge in [-0.3, -0.25) is 19.3 Å². The number of unbranched alkanes of at least 4 members (excludes halogenated alkanes) is 2. The van der Waals surface area contributed by atoms with E-state index in [4.69, 9.17) is 15.3 Å². The molecule has 0 bridgehead atoms. The maximum atomic E-state index is 10.5. The molecule has 7 heteroatoms. The topological polar surface area (TPSA) is 115 Å². The van der Waals surface area contributed by atoms with Crippen molar-refractivity contribution in [3.8, 4) is 0 Å². The molecular weight excluding hydrogens is 230 g/mol. The maximum Gasteiger partial charge on any atom is 0.317 e. The van der Waals surface area contributed by atoms with Gasteiger partial charge in [0, 0.05) is 6.42 Å². The van der Waals surface area contributed by atoms with Crippen LogP contribution in [0.15, 0.2) is 0 Å². The van der Waals surface area contributed by atoms with Crippen LogP contribution in [0.3, 0.4) is 0 Å². The highest BCUT2D eigenvalue weighted by molar-refractivity contribution is 5.72. The predicted molar refractivity (Wildman–Crippen MR) is 57.8 cm³/mol. The van der Waals surface area contributed by atoms with Crippen molar-refractivity contribution in [3.63, 3.8) is 0 Å². The van der Waals surface area contributed by atoms with Gasteiger partial charge in [0.05, 0.1) is 13.1 Å². The molecule has 0 aromatic heterocycles. The molecular formula is C10H17NO6. The molecule has 7 nitrogen and oxygen atoms in total. The highest BCUT2D eigenvalue weighted by Gasteiger charge is 2.12. The lowest BCUT2D eigenvalue weighted by atomic mass is 10.2. The molecule has 0 aliphatic heterocycles. The fourth-order valence-corrected chi connectivity index (χ4v) is 1.39. The zero-order chi connectivity index (χ0) is 13.3. The van der Waals surface area contributed by atoms with Crippen LogP contribution in [-0.4, -0.2) is 57.8 Å². The third kappa shape index (κ3) is 10.6. The SMILES string of the molecule is O=C(O)CCCCCN(CC(=O)O)CC(=O)O. The molecule has 98 valence electrons. The zero-order valence-electron chi connectivity index (χ0n) is 9.46. The maximum absolute atomic E-state index is 10.5. The number of hydrogen-bond donors (Lipinski definition) is 3. The molecule has 0 fully saturated rings. The lowest BCUT2D eigenvalue weighted by Crippen LogP contribution is -2.35. The summed E-state index contributed by atoms with van der Waals surface area (Å²) < 4.78 is 0. The molecule has 0 aliphatic carbocycles. The van der Waals surface area contributed by atoms with E-state index >= 15 is 0 Å². The zero-order valence-corrected chi connectivity index (χ0v) is 9.46. The summed E-state index contributed by atoms with van der Waals surface area (Å²) in [7, 11) is 0. The Morgan fingerprint density at radius 3 is 1.71 bits per heavy atom. The highest BCUT2D eigenvalue weighted by Crippen LogP contribution is 2.02. The second kappa shape index (κ2) is 8.51. The van der Waals surface area contributed by atoms with Gasteiger partial charge >= 0.3 is 17.9 Å². The number of carbonyl (C=O) groups is 3. The van der Waals surface area contributed by atoms with Crippen LogP contribution in [0.2, 0.25) is 0 Å². The van der Waals surface area contributed by atoms with E-state index in [2.05, 4.69) is 0 Å². The Kier molecular flexibility index (Phi) is 7.70. The van der Waals surface area contributed by atoms with Crippen molar-refractivity contribution in [2.24, 2.45) is 0 Å². The third-order valence-corrected chi connectivity index (χ3v) is 2.08. The molecule has 0 unspecified atom stereocenters. The Morgan fingerprint density at radius 2 is 1.29 bits per heavy atom. The highest BCUT2D eigenvalue weighted by atomic mass is 16.4. The van der Waals surface area contributed by atoms with Gasteiger partial charge in [-0.1, -0.05) is 6.42 Å². The first-order valence-corrected chi connectivity index (χ1v) is 5.29. The summed E-state index contributed by atoms with van der Waals surface area (Å²) in [5.41, 5.74) is 0. The first-order valence-electron chi connectivity index (χ1n) is 5.29. The Bertz CT molecular complexity index is 262. The molecule has 0 saturated carbocycles. The molecule has 0 atom stereocenters. The molecule has 0 spiro atoms. The summed E-state index contributed by atoms with van der Waals surface area (Å²) >= 11 is 0. The first kappa shape index (κ1) is 15.4. The van der Waals surface area contributed by atoms with Crippen molar-refractivity contribution in [2.45, 2.75) is 25.7 Å². The van der Waals surface area contributed by atoms with E-state index in [0.717, 1.165) is 0 Å². The second-order valence-electron chi connectivity index (χ2n) is 3.70. The Labute approximate surface area is 98.7 Å². The third-order valence-electron chi connectivity index (χ3n) is 2.08. The smallest absolute Gasteiger partial charge is 0.317 e. The summed E-state index contributed by atoms with van der Waals surface area (Å²) in [5, 5.41) is 25.5. The lowest BCUT2D eigenvalue weighted by Gasteiger charge is -2.17. The van der Waals surface area contributed by atoms with Gasteiger partial charge in [0.1, 0.15) is 0 Å². The largest absolute Gasteiger partial charge is 0.481 e. The van der Waals surface area contributed by atoms with Crippen molar-refractivity contribution in [1.82, 2.24) is 4.90 Å². The summed E-state index contributed by atoms with van der Waals surface area (Å²) in [5.74, 6) is -3.01. The predicted octanol–water partition coefficient (Wildman–Crippen LogP) is 0.103. The van der Waals surface area contributed by atoms with Crippen LogP contribution in [0.5, 0.6) is 0 Å². The molecule has 0 aromatic rings. The van der Waals surface area contributed by atoms with Crippen LogP contribution >= 0.6 is 0 Å². The standard InChI is InChI=1S/C10H17NO6/c12-8(13)4-2-1-3-5-11(6-9(14)15)7-10(16)17/h1-7H2,(H,12,13)(H,14,15)(H,16,17). The van der Waals surface area contributed by atoms with Crippen LogP contribution in [0.4, 0.5) is 0 Å². The minimum Gasteiger partial charge on any atom is -0.481 e. The Morgan fingerprint density at radius 1 is 0.765 bits per heavy atom. The van der Waals surface area contributed by atoms with Gasteiger partial charge in [-0.15, -0.1) is 0 Å². The number of hydrogen-bond acceptors (Lipinski definition) is 4. The van der Waals surface area contributed by atoms with Gasteiger partial charge in [0.2, 0.25) is 0 Å². The summed E-state index contributed by atoms with van der Waals surface area (Å²) in [4.78, 5) is 32.4. The van der Waals surface area contributed by atoms with Gasteiger partial charge in [0.15, 0.2) is 0 Å². The Hall–Kier alpha value is -1.63. The number of nitrogens with zero attached hydrogens (tertiary/aromatic N) is 1. The van der Waals surface area contributed by atoms with Gasteiger partial charge in [-0.2, -0.15) is 0 Å². The van der Waals surface area contributed by atoms with E-state index in [9.17, 15) is 14.4 Å². The van der Waals surface area contributed by atoms with Crippen molar-refractivity contribution in [1.29, 1.82) is 0 Å². The van der Waals surface area contributed by atoms with E-state index in [-0.39, 0.29) is 19.5 Å². The minimum absolute atomic E-state index is 0.0812. The normalized spacial score (nSPS) is 10.4. The molecule has 3 N–H and O–H groups in total. The molecule has 0 aliphatic rings. The van der Waals surface area contributed by atoms with Gasteiger partial charge in [-0.25, -0.2) is 0 Å². The van der Waals surface area contributed by atoms with E-state index in [1.807, 2.05) is 0 Å². The average molecular weight is 247 g/mol. The van der Waals surface area contributed by atoms with Crippen LogP contribution in [0, 0.1) is 0 Å². The number of carboxylic acids is 3. The molecule has 0 heterocycles. The van der Waals surface area contributed by atoms with E-state index < -0.39 is 17.9 Å². The van der Waals surface area contributed by atoms with Gasteiger partial charge in [0.25, 0.3) is 0 Å². The number of aliphatic carboxylic acids is 3. The summed E-state index contributed by atoms with van der Waals surface area (Å²) in [6.45, 7) is -0.283. The van der Waals surface area contributed by atoms with E-state index in [1.54, 1.807) is 0 Å². The second-order valence-corrected chi connectivity index (χ2v) is 3.70. The molecule has 0 aromatic carbocycles. The molecule has 17 heavy (non-hydrogen) atoms. The van der Waals surface area contributed by atoms with Gasteiger partial charge < -0.3 is 15.3 Å². The lowest BCUT2D eigenvalue weighted by molar-refractivity contribution is -0.142. The van der Waals surface area contributed by atoms with Crippen molar-refractivity contribution in [2.75, 3.05) is 19.6 Å². The number of rotatable bonds is 10. The van der Waals surface area contributed by atoms with Crippen molar-refractivity contribution >= 4 is 17.9 Å². The van der Waals surface area contributed by atoms with E-state index in [1.165, 1.54) is 4.90 Å². The molecule has 0 radical (unpaired) electrons. The fraction of sp³-hybridized carbons (Fsp3) is 0.700. The number of carboxylic acid groups (broad SMARTS) is 3. The first-order chi connectivity index (χ1) is 7.91. The minimum atomic E-state index is -1.07. The fourth-order valence-electron chi connectivity index (χ4n) is 1.39. The van der Waals surface area contributed by atoms with E-state index in [0.29, 0.717) is 25.8 Å². The molecule has 0 saturated heterocycles. The van der Waals surface area contributed by atoms with Crippen LogP contribution in [0.1, 0.15) is 25.7 Å². The molecule has 0 amide bonds. The van der Waals surface area contributed by atoms with Crippen molar-refractivity contribution in [3.05, 3.63) is 0 Å². The quantitative estimate of drug-likeness (QED) is 0.469. The molecule has 0 rings (SSSR count). The van der Waals surface area contributed by atoms with Crippen LogP contribution in [0.25, 0.3) is 0 Å². The van der Waals surface area contributed by atoms with Crippen molar-refractivity contribution < 1.29 is 29.7 Å². The monoisotopic (exact) mass is 247 g/mol. The average Bonchev–Trinajstić information content (AvgIpc) is 2.14.